The molecule has 0 atom stereocenters. The molecule has 6 nitrogen and oxygen atoms in total. The molecule has 0 amide bonds. The second-order valence-corrected chi connectivity index (χ2v) is 9.60. The van der Waals surface area contributed by atoms with Crippen molar-refractivity contribution in [3.05, 3.63) is 156 Å². The molecule has 0 saturated carbocycles. The molecule has 0 fully saturated rings. The third kappa shape index (κ3) is 7.24. The summed E-state index contributed by atoms with van der Waals surface area (Å²) in [5, 5.41) is 18.6. The molecule has 0 bridgehead atoms. The summed E-state index contributed by atoms with van der Waals surface area (Å²) < 4.78 is 25.0. The summed E-state index contributed by atoms with van der Waals surface area (Å²) in [4.78, 5) is 7.85. The van der Waals surface area contributed by atoms with Crippen molar-refractivity contribution in [3.8, 4) is 57.4 Å². The standard InChI is InChI=1S/C18H11ClN2O.C18H11FN2O/c2*19-18-12-21-11-17(16(18)10-20)13-6-8-15(9-7-13)22-14-4-2-1-3-5-14/h2*1-9,11-12H. The predicted molar refractivity (Wildman–Crippen MR) is 167 cm³/mol. The van der Waals surface area contributed by atoms with Crippen LogP contribution in [-0.4, -0.2) is 9.97 Å². The summed E-state index contributed by atoms with van der Waals surface area (Å²) in [6.45, 7) is 0. The van der Waals surface area contributed by atoms with E-state index >= 15 is 0 Å². The molecule has 0 aliphatic carbocycles. The smallest absolute Gasteiger partial charge is 0.159 e. The average molecular weight is 597 g/mol. The summed E-state index contributed by atoms with van der Waals surface area (Å²) >= 11 is 6.01. The Morgan fingerprint density at radius 1 is 0.523 bits per heavy atom. The van der Waals surface area contributed by atoms with Crippen molar-refractivity contribution in [2.24, 2.45) is 0 Å². The molecule has 2 aromatic heterocycles. The molecule has 0 spiro atoms. The number of ether oxygens (including phenoxy) is 2. The van der Waals surface area contributed by atoms with Crippen molar-refractivity contribution in [2.75, 3.05) is 0 Å². The monoisotopic (exact) mass is 596 g/mol. The second kappa shape index (κ2) is 14.2. The minimum absolute atomic E-state index is 0.00766. The van der Waals surface area contributed by atoms with E-state index in [-0.39, 0.29) is 5.56 Å². The molecule has 44 heavy (non-hydrogen) atoms. The number of nitrogens with zero attached hydrogens (tertiary/aromatic N) is 4. The van der Waals surface area contributed by atoms with E-state index in [2.05, 4.69) is 16.0 Å². The zero-order valence-electron chi connectivity index (χ0n) is 23.1. The van der Waals surface area contributed by atoms with Gasteiger partial charge in [0.25, 0.3) is 0 Å². The van der Waals surface area contributed by atoms with Crippen molar-refractivity contribution >= 4 is 11.6 Å². The van der Waals surface area contributed by atoms with Gasteiger partial charge in [-0.25, -0.2) is 4.39 Å². The molecular formula is C36H22ClFN4O2. The van der Waals surface area contributed by atoms with Gasteiger partial charge in [0.1, 0.15) is 35.1 Å². The second-order valence-electron chi connectivity index (χ2n) is 9.19. The Morgan fingerprint density at radius 2 is 0.932 bits per heavy atom. The van der Waals surface area contributed by atoms with Crippen LogP contribution in [0.25, 0.3) is 22.3 Å². The van der Waals surface area contributed by atoms with Gasteiger partial charge in [0, 0.05) is 29.7 Å². The normalized spacial score (nSPS) is 10.0. The highest BCUT2D eigenvalue weighted by molar-refractivity contribution is 6.32. The molecular weight excluding hydrogens is 575 g/mol. The number of para-hydroxylation sites is 2. The number of nitriles is 2. The fourth-order valence-electron chi connectivity index (χ4n) is 4.19. The molecule has 8 heteroatoms. The number of aromatic nitrogens is 2. The van der Waals surface area contributed by atoms with Crippen molar-refractivity contribution in [1.82, 2.24) is 9.97 Å². The summed E-state index contributed by atoms with van der Waals surface area (Å²) in [5.74, 6) is 2.28. The molecule has 6 aromatic rings. The summed E-state index contributed by atoms with van der Waals surface area (Å²) in [6, 6.07) is 37.5. The van der Waals surface area contributed by atoms with Crippen LogP contribution in [0.5, 0.6) is 23.0 Å². The molecule has 0 aliphatic rings. The first-order valence-electron chi connectivity index (χ1n) is 13.3. The van der Waals surface area contributed by atoms with Gasteiger partial charge in [-0.05, 0) is 59.7 Å². The van der Waals surface area contributed by atoms with E-state index in [1.54, 1.807) is 30.5 Å². The first-order valence-corrected chi connectivity index (χ1v) is 13.7. The highest BCUT2D eigenvalue weighted by Crippen LogP contribution is 2.30. The van der Waals surface area contributed by atoms with Crippen molar-refractivity contribution in [2.45, 2.75) is 0 Å². The Kier molecular flexibility index (Phi) is 9.54. The maximum absolute atomic E-state index is 13.6. The number of hydrogen-bond donors (Lipinski definition) is 0. The molecule has 0 aliphatic heterocycles. The molecule has 0 unspecified atom stereocenters. The minimum atomic E-state index is -0.621. The lowest BCUT2D eigenvalue weighted by Gasteiger charge is -2.08. The van der Waals surface area contributed by atoms with Crippen LogP contribution < -0.4 is 9.47 Å². The number of hydrogen-bond acceptors (Lipinski definition) is 6. The number of pyridine rings is 2. The predicted octanol–water partition coefficient (Wildman–Crippen LogP) is 9.62. The molecule has 6 rings (SSSR count). The van der Waals surface area contributed by atoms with E-state index in [1.807, 2.05) is 91.0 Å². The van der Waals surface area contributed by atoms with E-state index in [9.17, 15) is 9.65 Å². The van der Waals surface area contributed by atoms with Gasteiger partial charge < -0.3 is 9.47 Å². The lowest BCUT2D eigenvalue weighted by Crippen LogP contribution is -1.91. The zero-order valence-corrected chi connectivity index (χ0v) is 23.8. The van der Waals surface area contributed by atoms with Crippen LogP contribution in [0.1, 0.15) is 11.1 Å². The lowest BCUT2D eigenvalue weighted by atomic mass is 10.0. The van der Waals surface area contributed by atoms with Crippen LogP contribution in [0.3, 0.4) is 0 Å². The molecule has 4 aromatic carbocycles. The number of halogens is 2. The zero-order chi connectivity index (χ0) is 30.7. The first kappa shape index (κ1) is 29.5. The van der Waals surface area contributed by atoms with Gasteiger partial charge in [0.2, 0.25) is 0 Å². The fraction of sp³-hybridized carbons (Fsp3) is 0. The highest BCUT2D eigenvalue weighted by atomic mass is 35.5. The van der Waals surface area contributed by atoms with Crippen LogP contribution in [0.2, 0.25) is 5.02 Å². The third-order valence-corrected chi connectivity index (χ3v) is 6.60. The molecule has 0 saturated heterocycles. The van der Waals surface area contributed by atoms with Crippen LogP contribution in [0.15, 0.2) is 134 Å². The van der Waals surface area contributed by atoms with Crippen molar-refractivity contribution < 1.29 is 13.9 Å². The largest absolute Gasteiger partial charge is 0.457 e. The van der Waals surface area contributed by atoms with E-state index in [0.29, 0.717) is 33.0 Å². The van der Waals surface area contributed by atoms with Gasteiger partial charge in [0.05, 0.1) is 22.3 Å². The number of rotatable bonds is 6. The fourth-order valence-corrected chi connectivity index (χ4v) is 4.39. The Bertz CT molecular complexity index is 1790. The van der Waals surface area contributed by atoms with Gasteiger partial charge in [0.15, 0.2) is 5.82 Å². The molecule has 212 valence electrons. The Labute approximate surface area is 258 Å². The van der Waals surface area contributed by atoms with Crippen LogP contribution in [0, 0.1) is 28.5 Å². The first-order chi connectivity index (χ1) is 21.6. The Balaban J connectivity index is 0.000000175. The minimum Gasteiger partial charge on any atom is -0.457 e. The van der Waals surface area contributed by atoms with E-state index < -0.39 is 5.82 Å². The van der Waals surface area contributed by atoms with Crippen LogP contribution >= 0.6 is 11.6 Å². The van der Waals surface area contributed by atoms with Gasteiger partial charge >= 0.3 is 0 Å². The molecule has 2 heterocycles. The van der Waals surface area contributed by atoms with Gasteiger partial charge in [-0.3, -0.25) is 9.97 Å². The van der Waals surface area contributed by atoms with Crippen molar-refractivity contribution in [3.63, 3.8) is 0 Å². The van der Waals surface area contributed by atoms with E-state index in [1.165, 1.54) is 12.4 Å². The maximum Gasteiger partial charge on any atom is 0.159 e. The topological polar surface area (TPSA) is 91.8 Å². The van der Waals surface area contributed by atoms with E-state index in [4.69, 9.17) is 26.3 Å². The van der Waals surface area contributed by atoms with Gasteiger partial charge in [-0.1, -0.05) is 72.3 Å². The highest BCUT2D eigenvalue weighted by Gasteiger charge is 2.11. The summed E-state index contributed by atoms with van der Waals surface area (Å²) in [7, 11) is 0. The Morgan fingerprint density at radius 3 is 1.39 bits per heavy atom. The molecule has 0 N–H and O–H groups in total. The summed E-state index contributed by atoms with van der Waals surface area (Å²) in [6.07, 6.45) is 5.62. The average Bonchev–Trinajstić information content (AvgIpc) is 3.06. The van der Waals surface area contributed by atoms with Gasteiger partial charge in [-0.15, -0.1) is 0 Å². The van der Waals surface area contributed by atoms with Gasteiger partial charge in [-0.2, -0.15) is 10.5 Å². The third-order valence-electron chi connectivity index (χ3n) is 6.31. The SMILES string of the molecule is N#Cc1c(Cl)cncc1-c1ccc(Oc2ccccc2)cc1.N#Cc1c(F)cncc1-c1ccc(Oc2ccccc2)cc1. The summed E-state index contributed by atoms with van der Waals surface area (Å²) in [5.41, 5.74) is 3.17. The van der Waals surface area contributed by atoms with Crippen LogP contribution in [-0.2, 0) is 0 Å². The number of benzene rings is 4. The quantitative estimate of drug-likeness (QED) is 0.190. The Hall–Kier alpha value is -6.02. The molecule has 0 radical (unpaired) electrons. The van der Waals surface area contributed by atoms with E-state index in [0.717, 1.165) is 29.0 Å². The lowest BCUT2D eigenvalue weighted by molar-refractivity contribution is 0.482. The van der Waals surface area contributed by atoms with Crippen LogP contribution in [0.4, 0.5) is 4.39 Å². The van der Waals surface area contributed by atoms with Crippen molar-refractivity contribution in [1.29, 1.82) is 10.5 Å². The maximum atomic E-state index is 13.6.